The number of benzene rings is 3. The molecule has 0 amide bonds. The number of carboxylic acids is 1. The lowest BCUT2D eigenvalue weighted by atomic mass is 9.94. The van der Waals surface area contributed by atoms with Gasteiger partial charge in [-0.15, -0.1) is 0 Å². The number of halogens is 4. The molecular formula is C33H26F4N4O3. The zero-order valence-corrected chi connectivity index (χ0v) is 23.7. The largest absolute Gasteiger partial charge is 0.478 e. The third-order valence-corrected chi connectivity index (χ3v) is 7.18. The maximum Gasteiger partial charge on any atom is 0.335 e. The number of carbonyl (C=O) groups is 1. The predicted molar refractivity (Wildman–Crippen MR) is 154 cm³/mol. The first-order chi connectivity index (χ1) is 20.9. The number of hydrogen-bond acceptors (Lipinski definition) is 5. The quantitative estimate of drug-likeness (QED) is 0.167. The minimum Gasteiger partial charge on any atom is -0.478 e. The van der Waals surface area contributed by atoms with Gasteiger partial charge in [0, 0.05) is 35.6 Å². The number of hydrogen-bond donors (Lipinski definition) is 1. The van der Waals surface area contributed by atoms with Crippen LogP contribution in [0.4, 0.5) is 17.6 Å². The lowest BCUT2D eigenvalue weighted by molar-refractivity contribution is 0.00858. The summed E-state index contributed by atoms with van der Waals surface area (Å²) in [5, 5.41) is 18.4. The van der Waals surface area contributed by atoms with Crippen molar-refractivity contribution in [3.05, 3.63) is 113 Å². The molecular weight excluding hydrogens is 576 g/mol. The van der Waals surface area contributed by atoms with Gasteiger partial charge in [0.2, 0.25) is 12.3 Å². The summed E-state index contributed by atoms with van der Waals surface area (Å²) in [5.74, 6) is -1.81. The first-order valence-electron chi connectivity index (χ1n) is 13.5. The van der Waals surface area contributed by atoms with Gasteiger partial charge in [-0.1, -0.05) is 32.0 Å². The van der Waals surface area contributed by atoms with Crippen LogP contribution in [0.15, 0.2) is 72.8 Å². The van der Waals surface area contributed by atoms with E-state index in [-0.39, 0.29) is 53.4 Å². The van der Waals surface area contributed by atoms with Gasteiger partial charge in [0.1, 0.15) is 24.1 Å². The van der Waals surface area contributed by atoms with Crippen LogP contribution in [-0.4, -0.2) is 32.0 Å². The molecule has 0 radical (unpaired) electrons. The molecule has 3 aromatic carbocycles. The van der Waals surface area contributed by atoms with Crippen LogP contribution in [0, 0.1) is 28.4 Å². The Morgan fingerprint density at radius 2 is 1.82 bits per heavy atom. The number of rotatable bonds is 10. The van der Waals surface area contributed by atoms with Gasteiger partial charge in [0.25, 0.3) is 0 Å². The molecule has 0 bridgehead atoms. The second kappa shape index (κ2) is 12.2. The monoisotopic (exact) mass is 602 g/mol. The minimum absolute atomic E-state index is 0.00352. The van der Waals surface area contributed by atoms with E-state index in [0.29, 0.717) is 22.4 Å². The molecule has 0 aliphatic carbocycles. The minimum atomic E-state index is -2.65. The zero-order chi connectivity index (χ0) is 31.6. The molecule has 2 heterocycles. The molecule has 1 N–H and O–H groups in total. The molecule has 0 fully saturated rings. The Balaban J connectivity index is 1.40. The Morgan fingerprint density at radius 1 is 1.02 bits per heavy atom. The fourth-order valence-corrected chi connectivity index (χ4v) is 4.68. The molecule has 0 aliphatic rings. The summed E-state index contributed by atoms with van der Waals surface area (Å²) in [7, 11) is 0. The molecule has 7 nitrogen and oxygen atoms in total. The molecule has 44 heavy (non-hydrogen) atoms. The Kier molecular flexibility index (Phi) is 8.36. The third-order valence-electron chi connectivity index (χ3n) is 7.18. The van der Waals surface area contributed by atoms with Crippen molar-refractivity contribution in [2.24, 2.45) is 5.41 Å². The van der Waals surface area contributed by atoms with Crippen molar-refractivity contribution in [3.8, 4) is 23.2 Å². The van der Waals surface area contributed by atoms with E-state index < -0.39 is 29.4 Å². The van der Waals surface area contributed by atoms with Gasteiger partial charge in [-0.3, -0.25) is 0 Å². The molecule has 5 aromatic rings. The number of pyridine rings is 1. The van der Waals surface area contributed by atoms with Gasteiger partial charge in [-0.25, -0.2) is 32.3 Å². The van der Waals surface area contributed by atoms with Gasteiger partial charge in [-0.2, -0.15) is 5.26 Å². The van der Waals surface area contributed by atoms with Crippen LogP contribution in [0.5, 0.6) is 5.88 Å². The van der Waals surface area contributed by atoms with Crippen molar-refractivity contribution < 1.29 is 32.2 Å². The Hall–Kier alpha value is -5.24. The van der Waals surface area contributed by atoms with Crippen LogP contribution >= 0.6 is 0 Å². The second-order valence-corrected chi connectivity index (χ2v) is 11.0. The zero-order valence-electron chi connectivity index (χ0n) is 23.7. The van der Waals surface area contributed by atoms with Crippen LogP contribution in [0.1, 0.15) is 46.7 Å². The molecule has 0 unspecified atom stereocenters. The number of nitrogens with zero attached hydrogens (tertiary/aromatic N) is 4. The van der Waals surface area contributed by atoms with Crippen LogP contribution < -0.4 is 4.74 Å². The summed E-state index contributed by atoms with van der Waals surface area (Å²) in [6.45, 7) is 2.54. The highest BCUT2D eigenvalue weighted by Crippen LogP contribution is 2.31. The smallest absolute Gasteiger partial charge is 0.335 e. The van der Waals surface area contributed by atoms with Crippen LogP contribution in [0.2, 0.25) is 0 Å². The molecule has 0 spiro atoms. The number of aromatic nitrogens is 3. The van der Waals surface area contributed by atoms with Crippen molar-refractivity contribution in [3.63, 3.8) is 0 Å². The van der Waals surface area contributed by atoms with E-state index in [0.717, 1.165) is 6.07 Å². The van der Waals surface area contributed by atoms with Crippen molar-refractivity contribution in [2.45, 2.75) is 39.8 Å². The maximum absolute atomic E-state index is 15.4. The molecule has 0 atom stereocenters. The van der Waals surface area contributed by atoms with E-state index in [1.165, 1.54) is 56.3 Å². The van der Waals surface area contributed by atoms with E-state index in [1.807, 2.05) is 6.07 Å². The van der Waals surface area contributed by atoms with Crippen molar-refractivity contribution >= 4 is 17.0 Å². The fraction of sp³-hybridized carbons (Fsp3) is 0.212. The van der Waals surface area contributed by atoms with E-state index in [1.54, 1.807) is 28.8 Å². The van der Waals surface area contributed by atoms with Gasteiger partial charge in [-0.05, 0) is 54.1 Å². The van der Waals surface area contributed by atoms with E-state index in [9.17, 15) is 23.1 Å². The molecule has 0 saturated heterocycles. The lowest BCUT2D eigenvalue weighted by Gasteiger charge is -2.25. The number of aromatic carboxylic acids is 1. The molecule has 5 rings (SSSR count). The van der Waals surface area contributed by atoms with Gasteiger partial charge >= 0.3 is 5.97 Å². The highest BCUT2D eigenvalue weighted by molar-refractivity contribution is 5.92. The number of ether oxygens (including phenoxy) is 1. The molecule has 11 heteroatoms. The Labute approximate surface area is 250 Å². The van der Waals surface area contributed by atoms with E-state index in [4.69, 9.17) is 10.00 Å². The summed E-state index contributed by atoms with van der Waals surface area (Å²) >= 11 is 0. The molecule has 0 saturated carbocycles. The van der Waals surface area contributed by atoms with Crippen molar-refractivity contribution in [1.82, 2.24) is 14.5 Å². The second-order valence-electron chi connectivity index (χ2n) is 11.0. The summed E-state index contributed by atoms with van der Waals surface area (Å²) < 4.78 is 64.5. The van der Waals surface area contributed by atoms with Crippen molar-refractivity contribution in [1.29, 1.82) is 5.26 Å². The highest BCUT2D eigenvalue weighted by Gasteiger charge is 2.32. The Morgan fingerprint density at radius 3 is 2.50 bits per heavy atom. The predicted octanol–water partition coefficient (Wildman–Crippen LogP) is 7.41. The molecule has 224 valence electrons. The topological polar surface area (TPSA) is 101 Å². The van der Waals surface area contributed by atoms with Gasteiger partial charge in [0.15, 0.2) is 0 Å². The number of nitriles is 1. The standard InChI is InChI=1S/C33H26F4N4O3/c1-33(2,32(36)37)18-41-28-15-21(31(42)43)9-11-27(28)39-29(41)14-19-7-10-23(25(35)12-19)26-4-3-5-30(40-26)44-17-22-8-6-20(16-38)13-24(22)34/h3-13,15,32H,14,17-18H2,1-2H3,(H,42,43). The van der Waals surface area contributed by atoms with Gasteiger partial charge < -0.3 is 14.4 Å². The average molecular weight is 603 g/mol. The third kappa shape index (κ3) is 6.39. The lowest BCUT2D eigenvalue weighted by Crippen LogP contribution is -2.28. The summed E-state index contributed by atoms with van der Waals surface area (Å²) in [4.78, 5) is 20.5. The van der Waals surface area contributed by atoms with Crippen molar-refractivity contribution in [2.75, 3.05) is 0 Å². The first kappa shape index (κ1) is 30.2. The summed E-state index contributed by atoms with van der Waals surface area (Å²) in [5.41, 5.74) is 0.779. The number of carboxylic acid groups (broad SMARTS) is 1. The van der Waals surface area contributed by atoms with E-state index in [2.05, 4.69) is 9.97 Å². The number of imidazole rings is 1. The van der Waals surface area contributed by atoms with E-state index >= 15 is 4.39 Å². The van der Waals surface area contributed by atoms with Gasteiger partial charge in [0.05, 0.1) is 33.9 Å². The van der Waals surface area contributed by atoms with Crippen LogP contribution in [0.3, 0.4) is 0 Å². The maximum atomic E-state index is 15.4. The summed E-state index contributed by atoms with van der Waals surface area (Å²) in [6, 6.07) is 19.5. The first-order valence-corrected chi connectivity index (χ1v) is 13.5. The molecule has 0 aliphatic heterocycles. The molecule has 2 aromatic heterocycles. The normalized spacial score (nSPS) is 11.6. The highest BCUT2D eigenvalue weighted by atomic mass is 19.3. The van der Waals surface area contributed by atoms with Crippen LogP contribution in [0.25, 0.3) is 22.3 Å². The SMILES string of the molecule is CC(C)(Cn1c(Cc2ccc(-c3cccc(OCc4ccc(C#N)cc4F)n3)c(F)c2)nc2ccc(C(=O)O)cc21)C(F)F. The fourth-order valence-electron chi connectivity index (χ4n) is 4.68. The summed E-state index contributed by atoms with van der Waals surface area (Å²) in [6.07, 6.45) is -2.55. The van der Waals surface area contributed by atoms with Crippen LogP contribution in [-0.2, 0) is 19.6 Å². The Bertz CT molecular complexity index is 1910. The number of alkyl halides is 2. The average Bonchev–Trinajstić information content (AvgIpc) is 3.31. The number of fused-ring (bicyclic) bond motifs is 1.